The van der Waals surface area contributed by atoms with E-state index in [-0.39, 0.29) is 17.8 Å². The van der Waals surface area contributed by atoms with Crippen LogP contribution in [-0.2, 0) is 9.53 Å². The fraction of sp³-hybridized carbons (Fsp3) is 0.400. The van der Waals surface area contributed by atoms with Crippen LogP contribution in [0.1, 0.15) is 25.3 Å². The van der Waals surface area contributed by atoms with E-state index in [9.17, 15) is 9.18 Å². The topological polar surface area (TPSA) is 38.3 Å². The van der Waals surface area contributed by atoms with Crippen LogP contribution in [0.4, 0.5) is 4.39 Å². The summed E-state index contributed by atoms with van der Waals surface area (Å²) >= 11 is 0. The smallest absolute Gasteiger partial charge is 0.247 e. The van der Waals surface area contributed by atoms with Gasteiger partial charge in [0.15, 0.2) is 0 Å². The third-order valence-corrected chi connectivity index (χ3v) is 3.15. The molecule has 2 rings (SSSR count). The van der Waals surface area contributed by atoms with Crippen LogP contribution >= 0.6 is 0 Å². The summed E-state index contributed by atoms with van der Waals surface area (Å²) in [5.41, 5.74) is 0.912. The van der Waals surface area contributed by atoms with Crippen molar-refractivity contribution in [2.45, 2.75) is 25.9 Å². The van der Waals surface area contributed by atoms with E-state index in [1.54, 1.807) is 31.2 Å². The van der Waals surface area contributed by atoms with E-state index in [1.807, 2.05) is 0 Å². The molecule has 102 valence electrons. The Labute approximate surface area is 112 Å². The number of hydrogen-bond donors (Lipinski definition) is 1. The number of amides is 1. The van der Waals surface area contributed by atoms with Gasteiger partial charge in [-0.1, -0.05) is 18.2 Å². The van der Waals surface area contributed by atoms with E-state index < -0.39 is 0 Å². The maximum atomic E-state index is 13.4. The fourth-order valence-electron chi connectivity index (χ4n) is 2.04. The Bertz CT molecular complexity index is 479. The van der Waals surface area contributed by atoms with Crippen LogP contribution in [0.25, 0.3) is 6.08 Å². The Hall–Kier alpha value is -1.68. The Morgan fingerprint density at radius 1 is 1.53 bits per heavy atom. The van der Waals surface area contributed by atoms with Crippen molar-refractivity contribution < 1.29 is 13.9 Å². The summed E-state index contributed by atoms with van der Waals surface area (Å²) < 4.78 is 18.9. The largest absolute Gasteiger partial charge is 0.376 e. The van der Waals surface area contributed by atoms with E-state index in [2.05, 4.69) is 5.32 Å². The summed E-state index contributed by atoms with van der Waals surface area (Å²) in [6, 6.07) is 6.39. The monoisotopic (exact) mass is 263 g/mol. The molecule has 3 nitrogen and oxygen atoms in total. The van der Waals surface area contributed by atoms with Gasteiger partial charge < -0.3 is 10.1 Å². The first-order valence-electron chi connectivity index (χ1n) is 6.49. The molecule has 0 radical (unpaired) electrons. The molecule has 1 aromatic carbocycles. The lowest BCUT2D eigenvalue weighted by atomic mass is 10.1. The highest BCUT2D eigenvalue weighted by Crippen LogP contribution is 2.13. The van der Waals surface area contributed by atoms with Gasteiger partial charge in [0.25, 0.3) is 0 Å². The maximum absolute atomic E-state index is 13.4. The molecule has 1 saturated heterocycles. The highest BCUT2D eigenvalue weighted by atomic mass is 19.1. The summed E-state index contributed by atoms with van der Waals surface area (Å²) in [6.45, 7) is 2.96. The minimum atomic E-state index is -0.325. The normalized spacial score (nSPS) is 19.5. The first-order valence-corrected chi connectivity index (χ1v) is 6.49. The van der Waals surface area contributed by atoms with Gasteiger partial charge in [-0.05, 0) is 31.9 Å². The predicted molar refractivity (Wildman–Crippen MR) is 72.0 cm³/mol. The molecule has 0 bridgehead atoms. The number of benzene rings is 1. The van der Waals surface area contributed by atoms with Crippen molar-refractivity contribution in [1.82, 2.24) is 5.32 Å². The van der Waals surface area contributed by atoms with Gasteiger partial charge in [-0.15, -0.1) is 0 Å². The van der Waals surface area contributed by atoms with Gasteiger partial charge in [-0.2, -0.15) is 0 Å². The number of ether oxygens (including phenoxy) is 1. The zero-order chi connectivity index (χ0) is 13.7. The molecule has 1 aliphatic heterocycles. The molecule has 1 atom stereocenters. The van der Waals surface area contributed by atoms with Crippen LogP contribution in [0.15, 0.2) is 29.8 Å². The number of halogens is 1. The van der Waals surface area contributed by atoms with E-state index in [1.165, 1.54) is 6.07 Å². The van der Waals surface area contributed by atoms with Crippen molar-refractivity contribution in [1.29, 1.82) is 0 Å². The van der Waals surface area contributed by atoms with Gasteiger partial charge in [0.05, 0.1) is 6.10 Å². The van der Waals surface area contributed by atoms with Crippen molar-refractivity contribution >= 4 is 12.0 Å². The first-order chi connectivity index (χ1) is 9.16. The number of carbonyl (C=O) groups is 1. The van der Waals surface area contributed by atoms with Gasteiger partial charge in [0.2, 0.25) is 5.91 Å². The Kier molecular flexibility index (Phi) is 4.68. The summed E-state index contributed by atoms with van der Waals surface area (Å²) in [5, 5.41) is 2.81. The first kappa shape index (κ1) is 13.7. The van der Waals surface area contributed by atoms with Gasteiger partial charge >= 0.3 is 0 Å². The third kappa shape index (κ3) is 3.89. The average molecular weight is 263 g/mol. The zero-order valence-corrected chi connectivity index (χ0v) is 11.0. The summed E-state index contributed by atoms with van der Waals surface area (Å²) in [6.07, 6.45) is 3.70. The minimum absolute atomic E-state index is 0.116. The van der Waals surface area contributed by atoms with Crippen LogP contribution < -0.4 is 5.32 Å². The second-order valence-electron chi connectivity index (χ2n) is 4.69. The summed E-state index contributed by atoms with van der Waals surface area (Å²) in [7, 11) is 0. The molecule has 1 N–H and O–H groups in total. The van der Waals surface area contributed by atoms with Gasteiger partial charge in [0.1, 0.15) is 5.82 Å². The summed E-state index contributed by atoms with van der Waals surface area (Å²) in [4.78, 5) is 11.9. The van der Waals surface area contributed by atoms with Crippen LogP contribution in [0.3, 0.4) is 0 Å². The van der Waals surface area contributed by atoms with Crippen molar-refractivity contribution in [3.63, 3.8) is 0 Å². The Morgan fingerprint density at radius 3 is 3.00 bits per heavy atom. The zero-order valence-electron chi connectivity index (χ0n) is 11.0. The molecule has 0 aromatic heterocycles. The molecule has 1 aromatic rings. The fourth-order valence-corrected chi connectivity index (χ4v) is 2.04. The van der Waals surface area contributed by atoms with Crippen molar-refractivity contribution in [3.05, 3.63) is 41.2 Å². The van der Waals surface area contributed by atoms with Crippen molar-refractivity contribution in [2.75, 3.05) is 13.2 Å². The SMILES string of the molecule is C/C(=C\c1ccccc1F)C(=O)NCC1CCCO1. The molecule has 1 amide bonds. The molecule has 1 aliphatic rings. The molecular weight excluding hydrogens is 245 g/mol. The van der Waals surface area contributed by atoms with E-state index >= 15 is 0 Å². The maximum Gasteiger partial charge on any atom is 0.247 e. The van der Waals surface area contributed by atoms with Gasteiger partial charge in [0, 0.05) is 24.3 Å². The summed E-state index contributed by atoms with van der Waals surface area (Å²) in [5.74, 6) is -0.507. The number of hydrogen-bond acceptors (Lipinski definition) is 2. The quantitative estimate of drug-likeness (QED) is 0.848. The van der Waals surface area contributed by atoms with Crippen LogP contribution in [0, 0.1) is 5.82 Å². The van der Waals surface area contributed by atoms with Gasteiger partial charge in [-0.25, -0.2) is 4.39 Å². The Balaban J connectivity index is 1.92. The highest BCUT2D eigenvalue weighted by Gasteiger charge is 2.16. The number of carbonyl (C=O) groups excluding carboxylic acids is 1. The van der Waals surface area contributed by atoms with E-state index in [0.29, 0.717) is 17.7 Å². The minimum Gasteiger partial charge on any atom is -0.376 e. The molecule has 0 spiro atoms. The molecule has 1 heterocycles. The molecule has 1 fully saturated rings. The molecular formula is C15H18FNO2. The molecule has 1 unspecified atom stereocenters. The lowest BCUT2D eigenvalue weighted by Gasteiger charge is -2.11. The second-order valence-corrected chi connectivity index (χ2v) is 4.69. The predicted octanol–water partition coefficient (Wildman–Crippen LogP) is 2.52. The van der Waals surface area contributed by atoms with E-state index in [0.717, 1.165) is 19.4 Å². The number of rotatable bonds is 4. The van der Waals surface area contributed by atoms with Crippen molar-refractivity contribution in [2.24, 2.45) is 0 Å². The van der Waals surface area contributed by atoms with Crippen LogP contribution in [-0.4, -0.2) is 25.2 Å². The lowest BCUT2D eigenvalue weighted by Crippen LogP contribution is -2.32. The molecule has 0 aliphatic carbocycles. The third-order valence-electron chi connectivity index (χ3n) is 3.15. The molecule has 19 heavy (non-hydrogen) atoms. The highest BCUT2D eigenvalue weighted by molar-refractivity contribution is 5.97. The lowest BCUT2D eigenvalue weighted by molar-refractivity contribution is -0.117. The standard InChI is InChI=1S/C15H18FNO2/c1-11(9-12-5-2-3-7-14(12)16)15(18)17-10-13-6-4-8-19-13/h2-3,5,7,9,13H,4,6,8,10H2,1H3,(H,17,18)/b11-9+. The van der Waals surface area contributed by atoms with Crippen LogP contribution in [0.5, 0.6) is 0 Å². The molecule has 4 heteroatoms. The van der Waals surface area contributed by atoms with Gasteiger partial charge in [-0.3, -0.25) is 4.79 Å². The average Bonchev–Trinajstić information content (AvgIpc) is 2.91. The molecule has 0 saturated carbocycles. The Morgan fingerprint density at radius 2 is 2.32 bits per heavy atom. The van der Waals surface area contributed by atoms with E-state index in [4.69, 9.17) is 4.74 Å². The van der Waals surface area contributed by atoms with Crippen molar-refractivity contribution in [3.8, 4) is 0 Å². The number of nitrogens with one attached hydrogen (secondary N) is 1. The second kappa shape index (κ2) is 6.48. The van der Waals surface area contributed by atoms with Crippen LogP contribution in [0.2, 0.25) is 0 Å².